The van der Waals surface area contributed by atoms with Crippen molar-refractivity contribution >= 4 is 11.6 Å². The van der Waals surface area contributed by atoms with Crippen LogP contribution >= 0.6 is 0 Å². The largest absolute Gasteiger partial charge is 0.339 e. The molecule has 1 unspecified atom stereocenters. The summed E-state index contributed by atoms with van der Waals surface area (Å²) in [4.78, 5) is 7.01. The molecule has 0 bridgehead atoms. The van der Waals surface area contributed by atoms with Gasteiger partial charge in [0.15, 0.2) is 5.65 Å². The molecular formula is C14H21N5. The maximum absolute atomic E-state index is 4.69. The van der Waals surface area contributed by atoms with E-state index < -0.39 is 0 Å². The summed E-state index contributed by atoms with van der Waals surface area (Å²) in [6.45, 7) is 5.27. The number of aryl methyl sites for hydroxylation is 1. The van der Waals surface area contributed by atoms with E-state index in [4.69, 9.17) is 0 Å². The van der Waals surface area contributed by atoms with Crippen molar-refractivity contribution in [2.75, 3.05) is 31.6 Å². The first-order valence-corrected chi connectivity index (χ1v) is 6.99. The summed E-state index contributed by atoms with van der Waals surface area (Å²) in [5.41, 5.74) is 2.14. The average molecular weight is 259 g/mol. The molecule has 1 N–H and O–H groups in total. The minimum Gasteiger partial charge on any atom is -0.339 e. The van der Waals surface area contributed by atoms with Gasteiger partial charge in [-0.05, 0) is 50.9 Å². The van der Waals surface area contributed by atoms with Crippen LogP contribution in [0.4, 0.5) is 5.95 Å². The summed E-state index contributed by atoms with van der Waals surface area (Å²) < 4.78 is 1.88. The lowest BCUT2D eigenvalue weighted by atomic mass is 9.98. The quantitative estimate of drug-likeness (QED) is 0.907. The van der Waals surface area contributed by atoms with Gasteiger partial charge in [0.05, 0.1) is 0 Å². The number of rotatable bonds is 3. The van der Waals surface area contributed by atoms with Gasteiger partial charge in [-0.1, -0.05) is 6.07 Å². The highest BCUT2D eigenvalue weighted by Gasteiger charge is 2.22. The first kappa shape index (κ1) is 12.4. The van der Waals surface area contributed by atoms with Crippen molar-refractivity contribution in [2.45, 2.75) is 19.8 Å². The summed E-state index contributed by atoms with van der Waals surface area (Å²) in [5.74, 6) is 1.57. The van der Waals surface area contributed by atoms with E-state index in [1.165, 1.54) is 18.4 Å². The Hall–Kier alpha value is -1.62. The molecule has 1 atom stereocenters. The van der Waals surface area contributed by atoms with Gasteiger partial charge in [-0.3, -0.25) is 0 Å². The highest BCUT2D eigenvalue weighted by atomic mass is 15.4. The summed E-state index contributed by atoms with van der Waals surface area (Å²) in [7, 11) is 2.02. The molecule has 102 valence electrons. The molecule has 3 heterocycles. The van der Waals surface area contributed by atoms with Crippen molar-refractivity contribution in [2.24, 2.45) is 5.92 Å². The van der Waals surface area contributed by atoms with Crippen molar-refractivity contribution in [1.29, 1.82) is 0 Å². The zero-order valence-electron chi connectivity index (χ0n) is 11.6. The predicted molar refractivity (Wildman–Crippen MR) is 76.6 cm³/mol. The van der Waals surface area contributed by atoms with Crippen LogP contribution in [0.2, 0.25) is 0 Å². The summed E-state index contributed by atoms with van der Waals surface area (Å²) >= 11 is 0. The van der Waals surface area contributed by atoms with Crippen LogP contribution < -0.4 is 10.2 Å². The number of nitrogens with zero attached hydrogens (tertiary/aromatic N) is 4. The third-order valence-corrected chi connectivity index (χ3v) is 3.84. The molecule has 0 saturated carbocycles. The molecule has 0 aromatic carbocycles. The van der Waals surface area contributed by atoms with Crippen molar-refractivity contribution < 1.29 is 0 Å². The minimum absolute atomic E-state index is 0.700. The standard InChI is InChI=1S/C14H21N5/c1-11-5-3-8-19-13(11)16-14(17-19)18-7-4-6-12(10-18)9-15-2/h3,5,8,12,15H,4,6-7,9-10H2,1-2H3. The van der Waals surface area contributed by atoms with E-state index in [-0.39, 0.29) is 0 Å². The van der Waals surface area contributed by atoms with Gasteiger partial charge in [0.1, 0.15) is 0 Å². The Kier molecular flexibility index (Phi) is 3.38. The average Bonchev–Trinajstić information content (AvgIpc) is 2.85. The molecule has 2 aromatic rings. The molecule has 2 aromatic heterocycles. The number of hydrogen-bond acceptors (Lipinski definition) is 4. The zero-order valence-corrected chi connectivity index (χ0v) is 11.6. The predicted octanol–water partition coefficient (Wildman–Crippen LogP) is 1.47. The number of nitrogens with one attached hydrogen (secondary N) is 1. The van der Waals surface area contributed by atoms with E-state index in [0.717, 1.165) is 31.2 Å². The normalized spacial score (nSPS) is 20.1. The van der Waals surface area contributed by atoms with Crippen LogP contribution in [0.1, 0.15) is 18.4 Å². The Bertz CT molecular complexity index is 560. The molecule has 1 aliphatic rings. The SMILES string of the molecule is CNCC1CCCN(c2nc3c(C)cccn3n2)C1. The topological polar surface area (TPSA) is 45.5 Å². The van der Waals surface area contributed by atoms with Crippen molar-refractivity contribution in [3.05, 3.63) is 23.9 Å². The van der Waals surface area contributed by atoms with Crippen molar-refractivity contribution in [1.82, 2.24) is 19.9 Å². The van der Waals surface area contributed by atoms with Gasteiger partial charge in [-0.2, -0.15) is 4.98 Å². The molecular weight excluding hydrogens is 238 g/mol. The Morgan fingerprint density at radius 2 is 2.37 bits per heavy atom. The molecule has 0 aliphatic carbocycles. The van der Waals surface area contributed by atoms with Gasteiger partial charge in [0.25, 0.3) is 0 Å². The van der Waals surface area contributed by atoms with E-state index in [1.54, 1.807) is 0 Å². The first-order valence-electron chi connectivity index (χ1n) is 6.99. The molecule has 3 rings (SSSR count). The van der Waals surface area contributed by atoms with Crippen molar-refractivity contribution in [3.63, 3.8) is 0 Å². The Morgan fingerprint density at radius 1 is 1.47 bits per heavy atom. The van der Waals surface area contributed by atoms with Gasteiger partial charge in [0.2, 0.25) is 5.95 Å². The fourth-order valence-corrected chi connectivity index (χ4v) is 2.86. The molecule has 0 spiro atoms. The van der Waals surface area contributed by atoms with Crippen LogP contribution in [-0.4, -0.2) is 41.3 Å². The minimum atomic E-state index is 0.700. The third kappa shape index (κ3) is 2.42. The lowest BCUT2D eigenvalue weighted by Crippen LogP contribution is -2.39. The number of pyridine rings is 1. The van der Waals surface area contributed by atoms with E-state index >= 15 is 0 Å². The van der Waals surface area contributed by atoms with Crippen LogP contribution in [0.3, 0.4) is 0 Å². The Morgan fingerprint density at radius 3 is 3.16 bits per heavy atom. The summed E-state index contributed by atoms with van der Waals surface area (Å²) in [5, 5.41) is 7.88. The number of hydrogen-bond donors (Lipinski definition) is 1. The summed E-state index contributed by atoms with van der Waals surface area (Å²) in [6, 6.07) is 4.09. The van der Waals surface area contributed by atoms with Gasteiger partial charge >= 0.3 is 0 Å². The molecule has 1 aliphatic heterocycles. The van der Waals surface area contributed by atoms with Gasteiger partial charge in [-0.15, -0.1) is 5.10 Å². The lowest BCUT2D eigenvalue weighted by molar-refractivity contribution is 0.399. The molecule has 1 fully saturated rings. The van der Waals surface area contributed by atoms with E-state index in [2.05, 4.69) is 33.3 Å². The van der Waals surface area contributed by atoms with Crippen LogP contribution in [0.25, 0.3) is 5.65 Å². The molecule has 0 radical (unpaired) electrons. The molecule has 19 heavy (non-hydrogen) atoms. The molecule has 5 heteroatoms. The zero-order chi connectivity index (χ0) is 13.2. The maximum atomic E-state index is 4.69. The monoisotopic (exact) mass is 259 g/mol. The van der Waals surface area contributed by atoms with Crippen molar-refractivity contribution in [3.8, 4) is 0 Å². The highest BCUT2D eigenvalue weighted by molar-refractivity contribution is 5.50. The van der Waals surface area contributed by atoms with E-state index in [9.17, 15) is 0 Å². The Labute approximate surface area is 113 Å². The van der Waals surface area contributed by atoms with E-state index in [0.29, 0.717) is 5.92 Å². The van der Waals surface area contributed by atoms with Crippen LogP contribution in [0, 0.1) is 12.8 Å². The van der Waals surface area contributed by atoms with Gasteiger partial charge < -0.3 is 10.2 Å². The number of piperidine rings is 1. The van der Waals surface area contributed by atoms with Gasteiger partial charge in [-0.25, -0.2) is 4.52 Å². The smallest absolute Gasteiger partial charge is 0.245 e. The summed E-state index contributed by atoms with van der Waals surface area (Å²) in [6.07, 6.45) is 4.48. The number of anilines is 1. The lowest BCUT2D eigenvalue weighted by Gasteiger charge is -2.31. The number of fused-ring (bicyclic) bond motifs is 1. The van der Waals surface area contributed by atoms with Crippen LogP contribution in [0.5, 0.6) is 0 Å². The molecule has 0 amide bonds. The highest BCUT2D eigenvalue weighted by Crippen LogP contribution is 2.21. The molecule has 5 nitrogen and oxygen atoms in total. The van der Waals surface area contributed by atoms with Crippen LogP contribution in [0.15, 0.2) is 18.3 Å². The molecule has 1 saturated heterocycles. The second kappa shape index (κ2) is 5.17. The first-order chi connectivity index (χ1) is 9.28. The number of aromatic nitrogens is 3. The van der Waals surface area contributed by atoms with E-state index in [1.807, 2.05) is 23.8 Å². The van der Waals surface area contributed by atoms with Gasteiger partial charge in [0, 0.05) is 19.3 Å². The second-order valence-electron chi connectivity index (χ2n) is 5.38. The van der Waals surface area contributed by atoms with Crippen LogP contribution in [-0.2, 0) is 0 Å². The fourth-order valence-electron chi connectivity index (χ4n) is 2.86. The fraction of sp³-hybridized carbons (Fsp3) is 0.571. The third-order valence-electron chi connectivity index (χ3n) is 3.84. The second-order valence-corrected chi connectivity index (χ2v) is 5.38. The maximum Gasteiger partial charge on any atom is 0.245 e. The Balaban J connectivity index is 1.85.